The molecular weight excluding hydrogens is 296 g/mol. The first-order chi connectivity index (χ1) is 9.61. The van der Waals surface area contributed by atoms with Gasteiger partial charge in [-0.25, -0.2) is 4.39 Å². The third-order valence-electron chi connectivity index (χ3n) is 3.29. The molecule has 0 aliphatic rings. The van der Waals surface area contributed by atoms with Crippen molar-refractivity contribution in [2.75, 3.05) is 13.6 Å². The molecule has 1 nitrogen and oxygen atoms in total. The number of nitrogens with one attached hydrogen (secondary N) is 1. The Balaban J connectivity index is 2.25. The van der Waals surface area contributed by atoms with Crippen molar-refractivity contribution in [3.05, 3.63) is 69.5 Å². The van der Waals surface area contributed by atoms with Gasteiger partial charge in [0, 0.05) is 17.5 Å². The molecule has 0 saturated carbocycles. The molecule has 2 aromatic rings. The molecule has 0 bridgehead atoms. The zero-order valence-corrected chi connectivity index (χ0v) is 12.7. The van der Waals surface area contributed by atoms with Gasteiger partial charge in [-0.05, 0) is 42.8 Å². The lowest BCUT2D eigenvalue weighted by Gasteiger charge is -2.18. The molecule has 2 rings (SSSR count). The van der Waals surface area contributed by atoms with Crippen molar-refractivity contribution in [2.24, 2.45) is 0 Å². The maximum Gasteiger partial charge on any atom is 0.144 e. The van der Waals surface area contributed by atoms with E-state index < -0.39 is 0 Å². The van der Waals surface area contributed by atoms with E-state index in [1.54, 1.807) is 18.2 Å². The van der Waals surface area contributed by atoms with Gasteiger partial charge in [0.25, 0.3) is 0 Å². The van der Waals surface area contributed by atoms with Gasteiger partial charge in [0.15, 0.2) is 0 Å². The van der Waals surface area contributed by atoms with Crippen LogP contribution in [0.1, 0.15) is 17.0 Å². The molecule has 0 fully saturated rings. The van der Waals surface area contributed by atoms with Crippen LogP contribution in [0.3, 0.4) is 0 Å². The number of hydrogen-bond donors (Lipinski definition) is 1. The quantitative estimate of drug-likeness (QED) is 0.845. The fourth-order valence-corrected chi connectivity index (χ4v) is 2.58. The Morgan fingerprint density at radius 3 is 2.45 bits per heavy atom. The Kier molecular flexibility index (Phi) is 5.41. The molecule has 0 heterocycles. The number of halogens is 3. The van der Waals surface area contributed by atoms with Gasteiger partial charge in [0.1, 0.15) is 5.82 Å². The van der Waals surface area contributed by atoms with E-state index in [9.17, 15) is 4.39 Å². The number of likely N-dealkylation sites (N-methyl/N-ethyl adjacent to an activating group) is 1. The molecule has 0 saturated heterocycles. The SMILES string of the molecule is CNCC(Cc1cccc(Cl)c1F)c1ccc(Cl)cc1. The molecule has 0 aromatic heterocycles. The van der Waals surface area contributed by atoms with Crippen LogP contribution >= 0.6 is 23.2 Å². The second-order valence-electron chi connectivity index (χ2n) is 4.72. The fourth-order valence-electron chi connectivity index (χ4n) is 2.26. The van der Waals surface area contributed by atoms with E-state index in [1.165, 1.54) is 0 Å². The second kappa shape index (κ2) is 7.07. The molecule has 4 heteroatoms. The third-order valence-corrected chi connectivity index (χ3v) is 3.83. The molecule has 2 aromatic carbocycles. The number of benzene rings is 2. The van der Waals surface area contributed by atoms with Crippen LogP contribution in [0.25, 0.3) is 0 Å². The topological polar surface area (TPSA) is 12.0 Å². The Hall–Kier alpha value is -1.09. The summed E-state index contributed by atoms with van der Waals surface area (Å²) in [5, 5.41) is 4.02. The monoisotopic (exact) mass is 311 g/mol. The highest BCUT2D eigenvalue weighted by Crippen LogP contribution is 2.26. The van der Waals surface area contributed by atoms with Crippen molar-refractivity contribution in [3.63, 3.8) is 0 Å². The molecule has 0 amide bonds. The summed E-state index contributed by atoms with van der Waals surface area (Å²) in [6.07, 6.45) is 0.592. The first kappa shape index (κ1) is 15.3. The molecule has 106 valence electrons. The molecular formula is C16H16Cl2FN. The van der Waals surface area contributed by atoms with Gasteiger partial charge in [0.2, 0.25) is 0 Å². The van der Waals surface area contributed by atoms with Crippen molar-refractivity contribution >= 4 is 23.2 Å². The summed E-state index contributed by atoms with van der Waals surface area (Å²) in [5.74, 6) is -0.158. The van der Waals surface area contributed by atoms with Gasteiger partial charge in [0.05, 0.1) is 5.02 Å². The lowest BCUT2D eigenvalue weighted by atomic mass is 9.91. The fraction of sp³-hybridized carbons (Fsp3) is 0.250. The Labute approximate surface area is 128 Å². The highest BCUT2D eigenvalue weighted by molar-refractivity contribution is 6.31. The van der Waals surface area contributed by atoms with E-state index in [1.807, 2.05) is 31.3 Å². The van der Waals surface area contributed by atoms with Crippen LogP contribution in [-0.2, 0) is 6.42 Å². The van der Waals surface area contributed by atoms with Crippen LogP contribution in [0.4, 0.5) is 4.39 Å². The summed E-state index contributed by atoms with van der Waals surface area (Å²) < 4.78 is 14.0. The Morgan fingerprint density at radius 2 is 1.80 bits per heavy atom. The van der Waals surface area contributed by atoms with Crippen LogP contribution < -0.4 is 5.32 Å². The van der Waals surface area contributed by atoms with Gasteiger partial charge in [-0.15, -0.1) is 0 Å². The van der Waals surface area contributed by atoms with Crippen LogP contribution in [-0.4, -0.2) is 13.6 Å². The molecule has 1 atom stereocenters. The summed E-state index contributed by atoms with van der Waals surface area (Å²) in [5.41, 5.74) is 1.76. The first-order valence-corrected chi connectivity index (χ1v) is 7.20. The smallest absolute Gasteiger partial charge is 0.144 e. The van der Waals surface area contributed by atoms with Gasteiger partial charge >= 0.3 is 0 Å². The van der Waals surface area contributed by atoms with Crippen LogP contribution in [0.15, 0.2) is 42.5 Å². The molecule has 0 aliphatic carbocycles. The Morgan fingerprint density at radius 1 is 1.10 bits per heavy atom. The molecule has 0 spiro atoms. The third kappa shape index (κ3) is 3.72. The van der Waals surface area contributed by atoms with E-state index in [-0.39, 0.29) is 16.8 Å². The minimum absolute atomic E-state index is 0.168. The summed E-state index contributed by atoms with van der Waals surface area (Å²) in [6, 6.07) is 12.8. The lowest BCUT2D eigenvalue weighted by molar-refractivity contribution is 0.575. The highest BCUT2D eigenvalue weighted by Gasteiger charge is 2.15. The largest absolute Gasteiger partial charge is 0.319 e. The molecule has 1 unspecified atom stereocenters. The van der Waals surface area contributed by atoms with Crippen LogP contribution in [0, 0.1) is 5.82 Å². The molecule has 20 heavy (non-hydrogen) atoms. The molecule has 0 radical (unpaired) electrons. The minimum atomic E-state index is -0.329. The molecule has 1 N–H and O–H groups in total. The van der Waals surface area contributed by atoms with Crippen LogP contribution in [0.2, 0.25) is 10.0 Å². The van der Waals surface area contributed by atoms with Crippen molar-refractivity contribution in [2.45, 2.75) is 12.3 Å². The zero-order valence-electron chi connectivity index (χ0n) is 11.2. The predicted octanol–water partition coefficient (Wildman–Crippen LogP) is 4.68. The standard InChI is InChI=1S/C16H16Cl2FN/c1-20-10-13(11-5-7-14(17)8-6-11)9-12-3-2-4-15(18)16(12)19/h2-8,13,20H,9-10H2,1H3. The normalized spacial score (nSPS) is 12.4. The van der Waals surface area contributed by atoms with E-state index in [4.69, 9.17) is 23.2 Å². The average Bonchev–Trinajstić information content (AvgIpc) is 2.44. The predicted molar refractivity (Wildman–Crippen MR) is 83.2 cm³/mol. The van der Waals surface area contributed by atoms with E-state index in [0.29, 0.717) is 17.0 Å². The summed E-state index contributed by atoms with van der Waals surface area (Å²) >= 11 is 11.7. The second-order valence-corrected chi connectivity index (χ2v) is 5.57. The van der Waals surface area contributed by atoms with E-state index in [2.05, 4.69) is 5.32 Å². The van der Waals surface area contributed by atoms with Crippen molar-refractivity contribution in [1.29, 1.82) is 0 Å². The van der Waals surface area contributed by atoms with Gasteiger partial charge < -0.3 is 5.32 Å². The van der Waals surface area contributed by atoms with Crippen molar-refractivity contribution in [1.82, 2.24) is 5.32 Å². The van der Waals surface area contributed by atoms with Gasteiger partial charge in [-0.1, -0.05) is 47.5 Å². The summed E-state index contributed by atoms with van der Waals surface area (Å²) in [7, 11) is 1.89. The molecule has 0 aliphatic heterocycles. The zero-order chi connectivity index (χ0) is 14.5. The van der Waals surface area contributed by atoms with Gasteiger partial charge in [-0.2, -0.15) is 0 Å². The van der Waals surface area contributed by atoms with Crippen molar-refractivity contribution < 1.29 is 4.39 Å². The number of rotatable bonds is 5. The van der Waals surface area contributed by atoms with Crippen molar-refractivity contribution in [3.8, 4) is 0 Å². The lowest BCUT2D eigenvalue weighted by Crippen LogP contribution is -2.19. The van der Waals surface area contributed by atoms with Gasteiger partial charge in [-0.3, -0.25) is 0 Å². The Bertz CT molecular complexity index is 569. The van der Waals surface area contributed by atoms with E-state index in [0.717, 1.165) is 12.1 Å². The number of hydrogen-bond acceptors (Lipinski definition) is 1. The first-order valence-electron chi connectivity index (χ1n) is 6.44. The van der Waals surface area contributed by atoms with Crippen LogP contribution in [0.5, 0.6) is 0 Å². The highest BCUT2D eigenvalue weighted by atomic mass is 35.5. The minimum Gasteiger partial charge on any atom is -0.319 e. The maximum atomic E-state index is 14.0. The summed E-state index contributed by atoms with van der Waals surface area (Å²) in [4.78, 5) is 0. The summed E-state index contributed by atoms with van der Waals surface area (Å²) in [6.45, 7) is 0.758. The average molecular weight is 312 g/mol. The van der Waals surface area contributed by atoms with E-state index >= 15 is 0 Å². The maximum absolute atomic E-state index is 14.0.